The number of carbonyl (C=O) groups is 1. The monoisotopic (exact) mass is 365 g/mol. The molecule has 0 bridgehead atoms. The molecule has 1 heterocycles. The second-order valence-corrected chi connectivity index (χ2v) is 5.84. The van der Waals surface area contributed by atoms with Crippen molar-refractivity contribution in [3.8, 4) is 0 Å². The van der Waals surface area contributed by atoms with E-state index in [1.54, 1.807) is 0 Å². The van der Waals surface area contributed by atoms with Crippen molar-refractivity contribution in [3.05, 3.63) is 35.1 Å². The molecule has 1 amide bonds. The van der Waals surface area contributed by atoms with E-state index < -0.39 is 17.5 Å². The van der Waals surface area contributed by atoms with Crippen LogP contribution in [-0.2, 0) is 11.3 Å². The van der Waals surface area contributed by atoms with Crippen LogP contribution in [0.4, 0.5) is 13.2 Å². The molecule has 0 spiro atoms. The summed E-state index contributed by atoms with van der Waals surface area (Å²) in [6, 6.07) is 2.15. The summed E-state index contributed by atoms with van der Waals surface area (Å²) in [5.74, 6) is -3.90. The number of carbonyl (C=O) groups excluding carboxylic acids is 1. The molecular weight excluding hydrogens is 343 g/mol. The Kier molecular flexibility index (Phi) is 8.52. The molecule has 1 aromatic carbocycles. The number of nitrogens with zero attached hydrogens (tertiary/aromatic N) is 1. The van der Waals surface area contributed by atoms with Crippen LogP contribution in [0.25, 0.3) is 0 Å². The van der Waals surface area contributed by atoms with Crippen molar-refractivity contribution in [2.24, 2.45) is 5.73 Å². The minimum absolute atomic E-state index is 0. The zero-order valence-electron chi connectivity index (χ0n) is 13.4. The molecule has 1 aromatic rings. The molecule has 1 atom stereocenters. The van der Waals surface area contributed by atoms with Gasteiger partial charge in [0.1, 0.15) is 0 Å². The molecule has 1 fully saturated rings. The average Bonchev–Trinajstić information content (AvgIpc) is 2.52. The van der Waals surface area contributed by atoms with Crippen LogP contribution in [0.15, 0.2) is 12.1 Å². The van der Waals surface area contributed by atoms with E-state index in [4.69, 9.17) is 5.73 Å². The van der Waals surface area contributed by atoms with Gasteiger partial charge in [-0.3, -0.25) is 9.69 Å². The summed E-state index contributed by atoms with van der Waals surface area (Å²) in [6.07, 6.45) is 3.20. The molecule has 1 saturated heterocycles. The third-order valence-electron chi connectivity index (χ3n) is 4.08. The van der Waals surface area contributed by atoms with Gasteiger partial charge >= 0.3 is 0 Å². The summed E-state index contributed by atoms with van der Waals surface area (Å²) in [5, 5.41) is 2.83. The van der Waals surface area contributed by atoms with E-state index >= 15 is 0 Å². The van der Waals surface area contributed by atoms with Gasteiger partial charge in [-0.05, 0) is 37.1 Å². The molecule has 0 aromatic heterocycles. The Balaban J connectivity index is 0.00000288. The Morgan fingerprint density at radius 1 is 1.25 bits per heavy atom. The fourth-order valence-electron chi connectivity index (χ4n) is 2.88. The molecule has 1 aliphatic rings. The van der Waals surface area contributed by atoms with E-state index in [9.17, 15) is 18.0 Å². The lowest BCUT2D eigenvalue weighted by atomic mass is 10.0. The van der Waals surface area contributed by atoms with Crippen molar-refractivity contribution >= 4 is 18.3 Å². The fraction of sp³-hybridized carbons (Fsp3) is 0.562. The largest absolute Gasteiger partial charge is 0.354 e. The van der Waals surface area contributed by atoms with Crippen molar-refractivity contribution in [3.63, 3.8) is 0 Å². The van der Waals surface area contributed by atoms with E-state index in [1.807, 2.05) is 0 Å². The highest BCUT2D eigenvalue weighted by Gasteiger charge is 2.23. The number of nitrogens with two attached hydrogens (primary N) is 1. The van der Waals surface area contributed by atoms with E-state index in [2.05, 4.69) is 10.2 Å². The molecule has 1 aliphatic heterocycles. The third kappa shape index (κ3) is 5.65. The molecule has 3 N–H and O–H groups in total. The molecule has 1 unspecified atom stereocenters. The van der Waals surface area contributed by atoms with E-state index in [-0.39, 0.29) is 30.8 Å². The molecular formula is C16H23ClF3N3O. The number of amides is 1. The Hall–Kier alpha value is -1.31. The molecule has 8 heteroatoms. The summed E-state index contributed by atoms with van der Waals surface area (Å²) >= 11 is 0. The normalized spacial score (nSPS) is 18.1. The fourth-order valence-corrected chi connectivity index (χ4v) is 2.88. The van der Waals surface area contributed by atoms with Crippen LogP contribution in [0, 0.1) is 17.5 Å². The maximum Gasteiger partial charge on any atom is 0.221 e. The van der Waals surface area contributed by atoms with Crippen LogP contribution in [0.5, 0.6) is 0 Å². The summed E-state index contributed by atoms with van der Waals surface area (Å²) in [5.41, 5.74) is 5.73. The van der Waals surface area contributed by atoms with Gasteiger partial charge in [-0.2, -0.15) is 0 Å². The predicted octanol–water partition coefficient (Wildman–Crippen LogP) is 2.35. The first-order valence-corrected chi connectivity index (χ1v) is 7.85. The van der Waals surface area contributed by atoms with Gasteiger partial charge in [-0.1, -0.05) is 6.42 Å². The van der Waals surface area contributed by atoms with Gasteiger partial charge in [0.05, 0.1) is 0 Å². The van der Waals surface area contributed by atoms with Gasteiger partial charge in [-0.25, -0.2) is 13.2 Å². The number of likely N-dealkylation sites (tertiary alicyclic amines) is 1. The lowest BCUT2D eigenvalue weighted by molar-refractivity contribution is -0.121. The highest BCUT2D eigenvalue weighted by Crippen LogP contribution is 2.21. The van der Waals surface area contributed by atoms with Crippen molar-refractivity contribution < 1.29 is 18.0 Å². The van der Waals surface area contributed by atoms with Crippen LogP contribution in [0.3, 0.4) is 0 Å². The van der Waals surface area contributed by atoms with Crippen molar-refractivity contribution in [2.75, 3.05) is 19.6 Å². The minimum Gasteiger partial charge on any atom is -0.354 e. The maximum absolute atomic E-state index is 13.3. The second kappa shape index (κ2) is 9.86. The number of hydrogen-bond donors (Lipinski definition) is 2. The number of piperidine rings is 1. The SMILES string of the molecule is Cl.NCCC(=O)NCC1CCCCN1Cc1cc(F)c(F)c(F)c1. The number of rotatable bonds is 6. The third-order valence-corrected chi connectivity index (χ3v) is 4.08. The molecule has 0 aliphatic carbocycles. The van der Waals surface area contributed by atoms with Gasteiger partial charge in [0.2, 0.25) is 5.91 Å². The zero-order valence-corrected chi connectivity index (χ0v) is 14.2. The minimum atomic E-state index is -1.45. The molecule has 4 nitrogen and oxygen atoms in total. The topological polar surface area (TPSA) is 58.4 Å². The van der Waals surface area contributed by atoms with Crippen LogP contribution in [-0.4, -0.2) is 36.5 Å². The van der Waals surface area contributed by atoms with Gasteiger partial charge in [0.25, 0.3) is 0 Å². The van der Waals surface area contributed by atoms with Gasteiger partial charge in [0.15, 0.2) is 17.5 Å². The number of hydrogen-bond acceptors (Lipinski definition) is 3. The highest BCUT2D eigenvalue weighted by molar-refractivity contribution is 5.85. The molecule has 0 saturated carbocycles. The summed E-state index contributed by atoms with van der Waals surface area (Å²) in [6.45, 7) is 1.88. The van der Waals surface area contributed by atoms with Crippen molar-refractivity contribution in [1.82, 2.24) is 10.2 Å². The quantitative estimate of drug-likeness (QED) is 0.761. The van der Waals surface area contributed by atoms with Crippen LogP contribution in [0.2, 0.25) is 0 Å². The lowest BCUT2D eigenvalue weighted by Gasteiger charge is -2.36. The van der Waals surface area contributed by atoms with Gasteiger partial charge in [-0.15, -0.1) is 12.4 Å². The number of halogens is 4. The smallest absolute Gasteiger partial charge is 0.221 e. The summed E-state index contributed by atoms with van der Waals surface area (Å²) in [4.78, 5) is 13.6. The molecule has 0 radical (unpaired) electrons. The number of nitrogens with one attached hydrogen (secondary N) is 1. The standard InChI is InChI=1S/C16H22F3N3O.ClH/c17-13-7-11(8-14(18)16(13)19)10-22-6-2-1-3-12(22)9-21-15(23)4-5-20;/h7-8,12H,1-6,9-10,20H2,(H,21,23);1H. The maximum atomic E-state index is 13.3. The Morgan fingerprint density at radius 2 is 1.92 bits per heavy atom. The molecule has 136 valence electrons. The van der Waals surface area contributed by atoms with E-state index in [0.717, 1.165) is 37.9 Å². The Bertz CT molecular complexity index is 536. The molecule has 2 rings (SSSR count). The first-order valence-electron chi connectivity index (χ1n) is 7.85. The summed E-state index contributed by atoms with van der Waals surface area (Å²) < 4.78 is 39.7. The van der Waals surface area contributed by atoms with Crippen LogP contribution in [0.1, 0.15) is 31.2 Å². The van der Waals surface area contributed by atoms with Crippen molar-refractivity contribution in [1.29, 1.82) is 0 Å². The van der Waals surface area contributed by atoms with Crippen LogP contribution >= 0.6 is 12.4 Å². The second-order valence-electron chi connectivity index (χ2n) is 5.84. The average molecular weight is 366 g/mol. The highest BCUT2D eigenvalue weighted by atomic mass is 35.5. The van der Waals surface area contributed by atoms with E-state index in [0.29, 0.717) is 25.2 Å². The predicted molar refractivity (Wildman–Crippen MR) is 88.3 cm³/mol. The molecule has 24 heavy (non-hydrogen) atoms. The van der Waals surface area contributed by atoms with Crippen LogP contribution < -0.4 is 11.1 Å². The number of benzene rings is 1. The first-order chi connectivity index (χ1) is 11.0. The van der Waals surface area contributed by atoms with Gasteiger partial charge < -0.3 is 11.1 Å². The Labute approximate surface area is 146 Å². The summed E-state index contributed by atoms with van der Waals surface area (Å²) in [7, 11) is 0. The lowest BCUT2D eigenvalue weighted by Crippen LogP contribution is -2.46. The van der Waals surface area contributed by atoms with E-state index in [1.165, 1.54) is 0 Å². The first kappa shape index (κ1) is 20.7. The van der Waals surface area contributed by atoms with Crippen molar-refractivity contribution in [2.45, 2.75) is 38.3 Å². The zero-order chi connectivity index (χ0) is 16.8. The van der Waals surface area contributed by atoms with Gasteiger partial charge in [0, 0.05) is 32.1 Å². The Morgan fingerprint density at radius 3 is 2.54 bits per heavy atom.